The first-order valence-corrected chi connectivity index (χ1v) is 7.49. The lowest BCUT2D eigenvalue weighted by Gasteiger charge is -2.33. The SMILES string of the molecule is CC(C)CNCc1cccc(F)c1N1CCC(O)CC1. The minimum absolute atomic E-state index is 0.162. The molecule has 0 atom stereocenters. The Morgan fingerprint density at radius 1 is 1.35 bits per heavy atom. The van der Waals surface area contributed by atoms with E-state index in [4.69, 9.17) is 0 Å². The molecule has 1 saturated heterocycles. The molecule has 2 rings (SSSR count). The normalized spacial score (nSPS) is 16.9. The van der Waals surface area contributed by atoms with Gasteiger partial charge in [-0.2, -0.15) is 0 Å². The lowest BCUT2D eigenvalue weighted by molar-refractivity contribution is 0.145. The van der Waals surface area contributed by atoms with Crippen LogP contribution in [0.15, 0.2) is 18.2 Å². The van der Waals surface area contributed by atoms with Crippen molar-refractivity contribution in [3.05, 3.63) is 29.6 Å². The van der Waals surface area contributed by atoms with Crippen LogP contribution in [0.25, 0.3) is 0 Å². The first-order valence-electron chi connectivity index (χ1n) is 7.49. The van der Waals surface area contributed by atoms with E-state index in [-0.39, 0.29) is 11.9 Å². The average molecular weight is 280 g/mol. The number of halogens is 1. The van der Waals surface area contributed by atoms with E-state index in [9.17, 15) is 9.50 Å². The standard InChI is InChI=1S/C16H25FN2O/c1-12(2)10-18-11-13-4-3-5-15(17)16(13)19-8-6-14(20)7-9-19/h3-5,12,14,18,20H,6-11H2,1-2H3. The van der Waals surface area contributed by atoms with E-state index in [0.29, 0.717) is 31.0 Å². The second-order valence-corrected chi connectivity index (χ2v) is 5.99. The Labute approximate surface area is 120 Å². The van der Waals surface area contributed by atoms with Gasteiger partial charge in [-0.05, 0) is 36.9 Å². The van der Waals surface area contributed by atoms with Crippen molar-refractivity contribution in [2.45, 2.75) is 39.3 Å². The summed E-state index contributed by atoms with van der Waals surface area (Å²) in [6.45, 7) is 7.37. The Morgan fingerprint density at radius 3 is 2.70 bits per heavy atom. The molecule has 0 bridgehead atoms. The van der Waals surface area contributed by atoms with Crippen molar-refractivity contribution in [1.29, 1.82) is 0 Å². The predicted molar refractivity (Wildman–Crippen MR) is 80.4 cm³/mol. The summed E-state index contributed by atoms with van der Waals surface area (Å²) >= 11 is 0. The van der Waals surface area contributed by atoms with Crippen LogP contribution in [0.5, 0.6) is 0 Å². The number of aliphatic hydroxyl groups is 1. The van der Waals surface area contributed by atoms with Gasteiger partial charge in [0.2, 0.25) is 0 Å². The van der Waals surface area contributed by atoms with Gasteiger partial charge in [0.15, 0.2) is 0 Å². The van der Waals surface area contributed by atoms with Gasteiger partial charge in [-0.3, -0.25) is 0 Å². The zero-order valence-electron chi connectivity index (χ0n) is 12.4. The first kappa shape index (κ1) is 15.3. The van der Waals surface area contributed by atoms with Crippen LogP contribution in [0.4, 0.5) is 10.1 Å². The monoisotopic (exact) mass is 280 g/mol. The van der Waals surface area contributed by atoms with E-state index < -0.39 is 0 Å². The van der Waals surface area contributed by atoms with Gasteiger partial charge in [-0.1, -0.05) is 26.0 Å². The molecule has 0 spiro atoms. The Balaban J connectivity index is 2.09. The molecule has 1 heterocycles. The van der Waals surface area contributed by atoms with E-state index in [1.54, 1.807) is 6.07 Å². The van der Waals surface area contributed by atoms with Crippen molar-refractivity contribution in [3.8, 4) is 0 Å². The van der Waals surface area contributed by atoms with Gasteiger partial charge in [0.1, 0.15) is 5.82 Å². The maximum atomic E-state index is 14.2. The summed E-state index contributed by atoms with van der Waals surface area (Å²) in [4.78, 5) is 2.06. The molecular formula is C16H25FN2O. The van der Waals surface area contributed by atoms with Crippen LogP contribution in [0, 0.1) is 11.7 Å². The summed E-state index contributed by atoms with van der Waals surface area (Å²) in [5.41, 5.74) is 1.71. The molecular weight excluding hydrogens is 255 g/mol. The van der Waals surface area contributed by atoms with Crippen molar-refractivity contribution < 1.29 is 9.50 Å². The number of nitrogens with one attached hydrogen (secondary N) is 1. The number of aliphatic hydroxyl groups excluding tert-OH is 1. The minimum atomic E-state index is -0.236. The van der Waals surface area contributed by atoms with Gasteiger partial charge in [0.05, 0.1) is 11.8 Å². The molecule has 3 nitrogen and oxygen atoms in total. The molecule has 0 aromatic heterocycles. The molecule has 1 aliphatic rings. The maximum Gasteiger partial charge on any atom is 0.146 e. The average Bonchev–Trinajstić information content (AvgIpc) is 2.40. The quantitative estimate of drug-likeness (QED) is 0.870. The molecule has 0 aliphatic carbocycles. The van der Waals surface area contributed by atoms with Crippen LogP contribution in [0.3, 0.4) is 0 Å². The third-order valence-electron chi connectivity index (χ3n) is 3.72. The fourth-order valence-corrected chi connectivity index (χ4v) is 2.64. The highest BCUT2D eigenvalue weighted by Gasteiger charge is 2.21. The molecule has 1 aliphatic heterocycles. The lowest BCUT2D eigenvalue weighted by Crippen LogP contribution is -2.37. The van der Waals surface area contributed by atoms with E-state index in [1.807, 2.05) is 6.07 Å². The zero-order valence-corrected chi connectivity index (χ0v) is 12.4. The highest BCUT2D eigenvalue weighted by Crippen LogP contribution is 2.27. The van der Waals surface area contributed by atoms with Gasteiger partial charge in [-0.25, -0.2) is 4.39 Å². The third kappa shape index (κ3) is 3.93. The van der Waals surface area contributed by atoms with Gasteiger partial charge in [0.25, 0.3) is 0 Å². The Kier molecular flexibility index (Phi) is 5.38. The van der Waals surface area contributed by atoms with Crippen LogP contribution in [-0.2, 0) is 6.54 Å². The number of rotatable bonds is 5. The summed E-state index contributed by atoms with van der Waals surface area (Å²) in [5, 5.41) is 13.0. The molecule has 2 N–H and O–H groups in total. The van der Waals surface area contributed by atoms with E-state index in [0.717, 1.165) is 25.2 Å². The third-order valence-corrected chi connectivity index (χ3v) is 3.72. The Bertz CT molecular complexity index is 428. The molecule has 0 unspecified atom stereocenters. The highest BCUT2D eigenvalue weighted by atomic mass is 19.1. The number of anilines is 1. The second kappa shape index (κ2) is 7.04. The van der Waals surface area contributed by atoms with Crippen molar-refractivity contribution >= 4 is 5.69 Å². The number of nitrogens with zero attached hydrogens (tertiary/aromatic N) is 1. The fraction of sp³-hybridized carbons (Fsp3) is 0.625. The van der Waals surface area contributed by atoms with Crippen LogP contribution in [0.1, 0.15) is 32.3 Å². The van der Waals surface area contributed by atoms with Crippen molar-refractivity contribution in [2.24, 2.45) is 5.92 Å². The molecule has 1 fully saturated rings. The van der Waals surface area contributed by atoms with Gasteiger partial charge in [0, 0.05) is 19.6 Å². The molecule has 0 amide bonds. The number of benzene rings is 1. The number of piperidine rings is 1. The van der Waals surface area contributed by atoms with Crippen LogP contribution in [0.2, 0.25) is 0 Å². The maximum absolute atomic E-state index is 14.2. The molecule has 1 aromatic carbocycles. The summed E-state index contributed by atoms with van der Waals surface area (Å²) in [6, 6.07) is 5.27. The van der Waals surface area contributed by atoms with Gasteiger partial charge in [-0.15, -0.1) is 0 Å². The van der Waals surface area contributed by atoms with Gasteiger partial charge >= 0.3 is 0 Å². The number of hydrogen-bond donors (Lipinski definition) is 2. The minimum Gasteiger partial charge on any atom is -0.393 e. The zero-order chi connectivity index (χ0) is 14.5. The topological polar surface area (TPSA) is 35.5 Å². The van der Waals surface area contributed by atoms with Crippen LogP contribution in [-0.4, -0.2) is 30.8 Å². The smallest absolute Gasteiger partial charge is 0.146 e. The van der Waals surface area contributed by atoms with Gasteiger partial charge < -0.3 is 15.3 Å². The van der Waals surface area contributed by atoms with Crippen LogP contribution < -0.4 is 10.2 Å². The second-order valence-electron chi connectivity index (χ2n) is 5.99. The summed E-state index contributed by atoms with van der Waals surface area (Å²) in [7, 11) is 0. The molecule has 0 saturated carbocycles. The number of para-hydroxylation sites is 1. The van der Waals surface area contributed by atoms with Crippen LogP contribution >= 0.6 is 0 Å². The molecule has 112 valence electrons. The van der Waals surface area contributed by atoms with Crippen molar-refractivity contribution in [2.75, 3.05) is 24.5 Å². The Morgan fingerprint density at radius 2 is 2.05 bits per heavy atom. The molecule has 0 radical (unpaired) electrons. The number of hydrogen-bond acceptors (Lipinski definition) is 3. The Hall–Kier alpha value is -1.13. The molecule has 20 heavy (non-hydrogen) atoms. The summed E-state index contributed by atoms with van der Waals surface area (Å²) < 4.78 is 14.2. The summed E-state index contributed by atoms with van der Waals surface area (Å²) in [6.07, 6.45) is 1.20. The fourth-order valence-electron chi connectivity index (χ4n) is 2.64. The van der Waals surface area contributed by atoms with Crippen molar-refractivity contribution in [3.63, 3.8) is 0 Å². The lowest BCUT2D eigenvalue weighted by atomic mass is 10.0. The predicted octanol–water partition coefficient (Wildman–Crippen LogP) is 2.53. The molecule has 1 aromatic rings. The van der Waals surface area contributed by atoms with E-state index in [1.165, 1.54) is 6.07 Å². The largest absolute Gasteiger partial charge is 0.393 e. The van der Waals surface area contributed by atoms with Crippen molar-refractivity contribution in [1.82, 2.24) is 5.32 Å². The van der Waals surface area contributed by atoms with E-state index >= 15 is 0 Å². The van der Waals surface area contributed by atoms with E-state index in [2.05, 4.69) is 24.1 Å². The summed E-state index contributed by atoms with van der Waals surface area (Å²) in [5.74, 6) is 0.419. The first-order chi connectivity index (χ1) is 9.58. The highest BCUT2D eigenvalue weighted by molar-refractivity contribution is 5.55. The molecule has 4 heteroatoms.